The summed E-state index contributed by atoms with van der Waals surface area (Å²) in [5, 5.41) is 9.82. The Labute approximate surface area is 123 Å². The molecule has 0 aliphatic carbocycles. The summed E-state index contributed by atoms with van der Waals surface area (Å²) in [5.74, 6) is -1.03. The number of aromatic nitrogens is 1. The van der Waals surface area contributed by atoms with Crippen LogP contribution in [0.25, 0.3) is 10.9 Å². The molecular weight excluding hydrogens is 290 g/mol. The van der Waals surface area contributed by atoms with E-state index in [0.717, 1.165) is 17.0 Å². The summed E-state index contributed by atoms with van der Waals surface area (Å²) in [6, 6.07) is 7.40. The van der Waals surface area contributed by atoms with Crippen molar-refractivity contribution in [2.75, 3.05) is 5.75 Å². The van der Waals surface area contributed by atoms with Crippen LogP contribution in [0.5, 0.6) is 0 Å². The molecule has 0 spiro atoms. The second kappa shape index (κ2) is 6.36. The lowest BCUT2D eigenvalue weighted by atomic mass is 10.2. The van der Waals surface area contributed by atoms with Crippen LogP contribution in [0.4, 0.5) is 0 Å². The largest absolute Gasteiger partial charge is 0.512 e. The molecule has 0 aliphatic heterocycles. The minimum Gasteiger partial charge on any atom is -0.512 e. The number of aliphatic hydroxyl groups excluding tert-OH is 1. The number of aromatic amines is 1. The molecule has 1 heterocycles. The van der Waals surface area contributed by atoms with Gasteiger partial charge in [-0.2, -0.15) is 4.99 Å². The Morgan fingerprint density at radius 1 is 1.48 bits per heavy atom. The van der Waals surface area contributed by atoms with Crippen molar-refractivity contribution in [3.8, 4) is 0 Å². The fourth-order valence-electron chi connectivity index (χ4n) is 1.85. The van der Waals surface area contributed by atoms with Crippen molar-refractivity contribution < 1.29 is 14.1 Å². The number of hydrogen-bond donors (Lipinski definition) is 3. The van der Waals surface area contributed by atoms with E-state index >= 15 is 0 Å². The molecule has 0 saturated carbocycles. The fourth-order valence-corrected chi connectivity index (χ4v) is 2.90. The Kier molecular flexibility index (Phi) is 4.54. The van der Waals surface area contributed by atoms with Crippen LogP contribution in [0.1, 0.15) is 6.92 Å². The van der Waals surface area contributed by atoms with E-state index in [4.69, 9.17) is 10.8 Å². The van der Waals surface area contributed by atoms with Crippen LogP contribution in [0.15, 0.2) is 52.2 Å². The molecule has 110 valence electrons. The third kappa shape index (κ3) is 3.79. The first kappa shape index (κ1) is 15.0. The highest BCUT2D eigenvalue weighted by atomic mass is 32.2. The standard InChI is InChI=1S/C14H15N3O3S/c1-9(18)6-13(15)17-14(19)8-21(20)12-7-16-11-5-3-2-4-10(11)12/h2-7,16,18H,8H2,1H3,(H2,15,17,19)/b9-6-. The maximum absolute atomic E-state index is 12.2. The molecule has 2 aromatic rings. The van der Waals surface area contributed by atoms with Crippen molar-refractivity contribution in [3.05, 3.63) is 42.3 Å². The van der Waals surface area contributed by atoms with Gasteiger partial charge in [-0.15, -0.1) is 0 Å². The number of allylic oxidation sites excluding steroid dienone is 1. The topological polar surface area (TPSA) is 109 Å². The highest BCUT2D eigenvalue weighted by molar-refractivity contribution is 7.86. The number of amides is 1. The summed E-state index contributed by atoms with van der Waals surface area (Å²) in [7, 11) is -1.51. The van der Waals surface area contributed by atoms with E-state index in [9.17, 15) is 9.00 Å². The Morgan fingerprint density at radius 2 is 2.19 bits per heavy atom. The summed E-state index contributed by atoms with van der Waals surface area (Å²) in [6.07, 6.45) is 2.78. The zero-order valence-electron chi connectivity index (χ0n) is 11.4. The van der Waals surface area contributed by atoms with Crippen LogP contribution in [0.3, 0.4) is 0 Å². The number of rotatable bonds is 4. The Hall–Kier alpha value is -2.41. The van der Waals surface area contributed by atoms with E-state index in [1.165, 1.54) is 6.92 Å². The lowest BCUT2D eigenvalue weighted by Gasteiger charge is -1.98. The number of amidine groups is 1. The van der Waals surface area contributed by atoms with E-state index in [1.54, 1.807) is 6.20 Å². The van der Waals surface area contributed by atoms with Crippen molar-refractivity contribution in [2.45, 2.75) is 11.8 Å². The molecule has 7 heteroatoms. The van der Waals surface area contributed by atoms with Gasteiger partial charge in [-0.1, -0.05) is 18.2 Å². The van der Waals surface area contributed by atoms with Gasteiger partial charge in [0, 0.05) is 23.2 Å². The molecule has 1 aromatic heterocycles. The molecule has 0 aliphatic rings. The van der Waals surface area contributed by atoms with Gasteiger partial charge in [0.05, 0.1) is 21.5 Å². The minimum absolute atomic E-state index is 0.0539. The number of para-hydroxylation sites is 1. The second-order valence-corrected chi connectivity index (χ2v) is 5.82. The predicted octanol–water partition coefficient (Wildman–Crippen LogP) is 1.62. The predicted molar refractivity (Wildman–Crippen MR) is 82.6 cm³/mol. The molecule has 0 saturated heterocycles. The van der Waals surface area contributed by atoms with Crippen molar-refractivity contribution in [1.82, 2.24) is 4.98 Å². The number of aliphatic hydroxyl groups is 1. The van der Waals surface area contributed by atoms with E-state index in [-0.39, 0.29) is 17.3 Å². The number of carbonyl (C=O) groups is 1. The lowest BCUT2D eigenvalue weighted by molar-refractivity contribution is -0.115. The fraction of sp³-hybridized carbons (Fsp3) is 0.143. The van der Waals surface area contributed by atoms with Gasteiger partial charge >= 0.3 is 0 Å². The van der Waals surface area contributed by atoms with Gasteiger partial charge in [0.1, 0.15) is 11.6 Å². The Balaban J connectivity index is 2.15. The molecule has 0 radical (unpaired) electrons. The van der Waals surface area contributed by atoms with Crippen LogP contribution in [0.2, 0.25) is 0 Å². The Morgan fingerprint density at radius 3 is 2.90 bits per heavy atom. The van der Waals surface area contributed by atoms with Gasteiger partial charge in [-0.25, -0.2) is 0 Å². The molecule has 1 atom stereocenters. The van der Waals surface area contributed by atoms with Gasteiger partial charge < -0.3 is 15.8 Å². The molecule has 2 rings (SSSR count). The third-order valence-electron chi connectivity index (χ3n) is 2.66. The maximum Gasteiger partial charge on any atom is 0.260 e. The quantitative estimate of drug-likeness (QED) is 0.453. The number of nitrogens with one attached hydrogen (secondary N) is 1. The summed E-state index contributed by atoms with van der Waals surface area (Å²) in [6.45, 7) is 1.41. The van der Waals surface area contributed by atoms with Crippen LogP contribution in [-0.4, -0.2) is 31.8 Å². The van der Waals surface area contributed by atoms with Gasteiger partial charge in [0.15, 0.2) is 0 Å². The normalized spacial score (nSPS) is 14.3. The molecule has 0 bridgehead atoms. The number of aliphatic imine (C=N–C) groups is 1. The van der Waals surface area contributed by atoms with E-state index in [1.807, 2.05) is 24.3 Å². The second-order valence-electron chi connectivity index (χ2n) is 4.40. The van der Waals surface area contributed by atoms with E-state index < -0.39 is 16.7 Å². The summed E-state index contributed by atoms with van der Waals surface area (Å²) in [5.41, 5.74) is 6.30. The van der Waals surface area contributed by atoms with E-state index in [2.05, 4.69) is 9.98 Å². The van der Waals surface area contributed by atoms with Crippen LogP contribution >= 0.6 is 0 Å². The molecule has 6 nitrogen and oxygen atoms in total. The number of nitrogens with zero attached hydrogens (tertiary/aromatic N) is 1. The van der Waals surface area contributed by atoms with Gasteiger partial charge in [-0.05, 0) is 13.0 Å². The van der Waals surface area contributed by atoms with Crippen LogP contribution in [-0.2, 0) is 15.6 Å². The monoisotopic (exact) mass is 305 g/mol. The first-order valence-electron chi connectivity index (χ1n) is 6.16. The average Bonchev–Trinajstić information content (AvgIpc) is 2.80. The number of nitrogens with two attached hydrogens (primary N) is 1. The van der Waals surface area contributed by atoms with Crippen LogP contribution < -0.4 is 5.73 Å². The molecule has 0 fully saturated rings. The van der Waals surface area contributed by atoms with Crippen molar-refractivity contribution in [2.24, 2.45) is 10.7 Å². The van der Waals surface area contributed by atoms with Gasteiger partial charge in [-0.3, -0.25) is 9.00 Å². The molecule has 1 amide bonds. The highest BCUT2D eigenvalue weighted by Gasteiger charge is 2.14. The number of hydrogen-bond acceptors (Lipinski definition) is 3. The molecule has 4 N–H and O–H groups in total. The number of fused-ring (bicyclic) bond motifs is 1. The number of H-pyrrole nitrogens is 1. The highest BCUT2D eigenvalue weighted by Crippen LogP contribution is 2.21. The Bertz CT molecular complexity index is 758. The van der Waals surface area contributed by atoms with Crippen molar-refractivity contribution in [3.63, 3.8) is 0 Å². The summed E-state index contributed by atoms with van der Waals surface area (Å²) < 4.78 is 12.2. The van der Waals surface area contributed by atoms with Gasteiger partial charge in [0.2, 0.25) is 0 Å². The van der Waals surface area contributed by atoms with E-state index in [0.29, 0.717) is 4.90 Å². The first-order chi connectivity index (χ1) is 9.97. The SMILES string of the molecule is C/C(O)=C/C(N)=NC(=O)CS(=O)c1c[nH]c2ccccc12. The minimum atomic E-state index is -1.51. The zero-order valence-corrected chi connectivity index (χ0v) is 12.2. The lowest BCUT2D eigenvalue weighted by Crippen LogP contribution is -2.15. The molecular formula is C14H15N3O3S. The third-order valence-corrected chi connectivity index (χ3v) is 4.00. The molecule has 1 aromatic carbocycles. The van der Waals surface area contributed by atoms with Crippen LogP contribution in [0, 0.1) is 0 Å². The average molecular weight is 305 g/mol. The van der Waals surface area contributed by atoms with Gasteiger partial charge in [0.25, 0.3) is 5.91 Å². The molecule has 21 heavy (non-hydrogen) atoms. The zero-order chi connectivity index (χ0) is 15.4. The summed E-state index contributed by atoms with van der Waals surface area (Å²) in [4.78, 5) is 18.8. The number of benzene rings is 1. The first-order valence-corrected chi connectivity index (χ1v) is 7.48. The summed E-state index contributed by atoms with van der Waals surface area (Å²) >= 11 is 0. The van der Waals surface area contributed by atoms with Crippen molar-refractivity contribution >= 4 is 33.4 Å². The smallest absolute Gasteiger partial charge is 0.260 e. The molecule has 1 unspecified atom stereocenters. The number of carbonyl (C=O) groups excluding carboxylic acids is 1. The maximum atomic E-state index is 12.2. The van der Waals surface area contributed by atoms with Crippen molar-refractivity contribution in [1.29, 1.82) is 0 Å².